The molecule has 1 fully saturated rings. The van der Waals surface area contributed by atoms with E-state index in [-0.39, 0.29) is 23.7 Å². The summed E-state index contributed by atoms with van der Waals surface area (Å²) in [5.41, 5.74) is 4.87. The Labute approximate surface area is 204 Å². The zero-order chi connectivity index (χ0) is 36.8. The van der Waals surface area contributed by atoms with Crippen molar-refractivity contribution in [2.45, 2.75) is 64.9 Å². The average Bonchev–Trinajstić information content (AvgIpc) is 2.85. The molecule has 2 N–H and O–H groups in total. The predicted molar refractivity (Wildman–Crippen MR) is 118 cm³/mol. The van der Waals surface area contributed by atoms with E-state index in [9.17, 15) is 7.54 Å². The van der Waals surface area contributed by atoms with Crippen LogP contribution in [0.15, 0.2) is 12.1 Å². The van der Waals surface area contributed by atoms with Crippen molar-refractivity contribution in [3.05, 3.63) is 23.3 Å². The first-order valence-corrected chi connectivity index (χ1v) is 9.47. The molecule has 0 aromatic heterocycles. The van der Waals surface area contributed by atoms with Crippen molar-refractivity contribution < 1.29 is 42.3 Å². The molecule has 0 radical (unpaired) electrons. The number of aryl methyl sites for hydroxylation is 1. The van der Waals surface area contributed by atoms with Crippen molar-refractivity contribution >= 4 is 5.97 Å². The van der Waals surface area contributed by atoms with E-state index in [0.29, 0.717) is 0 Å². The second-order valence-corrected chi connectivity index (χ2v) is 7.59. The fourth-order valence-corrected chi connectivity index (χ4v) is 3.63. The van der Waals surface area contributed by atoms with Crippen LogP contribution in [0.3, 0.4) is 0 Å². The molecule has 6 nitrogen and oxygen atoms in total. The summed E-state index contributed by atoms with van der Waals surface area (Å²) < 4.78 is 155. The SMILES string of the molecule is [2H]C([2H])([2H])Oc1cc2c(cc1OC)C1([2H])CC([2H])(OC(=O)[C@@]([2H])(N)C([2H])(C([2H])([2H])[2H])C([2H])([2H])[2H])C(CC(C)C)CN1C([2H])([2H])C2([2H])[2H]. The van der Waals surface area contributed by atoms with Gasteiger partial charge in [-0.05, 0) is 47.9 Å². The first kappa shape index (κ1) is 9.37. The highest BCUT2D eigenvalue weighted by Crippen LogP contribution is 2.44. The molecule has 0 spiro atoms. The van der Waals surface area contributed by atoms with Crippen LogP contribution in [0.1, 0.15) is 80.8 Å². The Balaban J connectivity index is 2.28. The highest BCUT2D eigenvalue weighted by Gasteiger charge is 2.41. The van der Waals surface area contributed by atoms with Gasteiger partial charge in [0.1, 0.15) is 12.1 Å². The van der Waals surface area contributed by atoms with E-state index >= 15 is 0 Å². The summed E-state index contributed by atoms with van der Waals surface area (Å²) in [7, 11) is -1.90. The highest BCUT2D eigenvalue weighted by molar-refractivity contribution is 5.76. The Morgan fingerprint density at radius 3 is 2.83 bits per heavy atom. The van der Waals surface area contributed by atoms with E-state index in [2.05, 4.69) is 0 Å². The molecule has 0 saturated carbocycles. The Bertz CT molecular complexity index is 1360. The maximum Gasteiger partial charge on any atom is 0.323 e. The zero-order valence-corrected chi connectivity index (χ0v) is 17.1. The molecule has 0 bridgehead atoms. The number of carbonyl (C=O) groups is 1. The molecule has 30 heavy (non-hydrogen) atoms. The van der Waals surface area contributed by atoms with Crippen LogP contribution >= 0.6 is 0 Å². The zero-order valence-electron chi connectivity index (χ0n) is 34.1. The van der Waals surface area contributed by atoms with E-state index in [1.807, 2.05) is 0 Å². The Kier molecular flexibility index (Phi) is 2.99. The fraction of sp³-hybridized carbons (Fsp3) is 0.708. The lowest BCUT2D eigenvalue weighted by Gasteiger charge is -2.47. The van der Waals surface area contributed by atoms with Gasteiger partial charge >= 0.3 is 5.97 Å². The summed E-state index contributed by atoms with van der Waals surface area (Å²) in [5, 5.41) is 0. The molecule has 0 aliphatic carbocycles. The quantitative estimate of drug-likeness (QED) is 0.660. The maximum atomic E-state index is 13.6. The number of piperidine rings is 1. The predicted octanol–water partition coefficient (Wildman–Crippen LogP) is 3.56. The third-order valence-corrected chi connectivity index (χ3v) is 5.04. The summed E-state index contributed by atoms with van der Waals surface area (Å²) in [6.45, 7) is -7.86. The number of fused-ring (bicyclic) bond motifs is 3. The van der Waals surface area contributed by atoms with Crippen LogP contribution in [0, 0.1) is 17.7 Å². The van der Waals surface area contributed by atoms with Crippen LogP contribution in [-0.4, -0.2) is 50.2 Å². The van der Waals surface area contributed by atoms with Gasteiger partial charge in [-0.2, -0.15) is 0 Å². The first-order valence-electron chi connectivity index (χ1n) is 18.0. The van der Waals surface area contributed by atoms with Crippen LogP contribution in [-0.2, 0) is 15.9 Å². The van der Waals surface area contributed by atoms with Crippen molar-refractivity contribution in [3.63, 3.8) is 0 Å². The van der Waals surface area contributed by atoms with E-state index in [1.165, 1.54) is 0 Å². The van der Waals surface area contributed by atoms with Gasteiger partial charge in [0.15, 0.2) is 11.5 Å². The number of hydrogen-bond donors (Lipinski definition) is 1. The van der Waals surface area contributed by atoms with Gasteiger partial charge in [-0.15, -0.1) is 0 Å². The molecule has 3 rings (SSSR count). The van der Waals surface area contributed by atoms with Crippen LogP contribution in [0.25, 0.3) is 0 Å². The maximum absolute atomic E-state index is 13.6. The number of esters is 1. The third-order valence-electron chi connectivity index (χ3n) is 5.04. The normalized spacial score (nSPS) is 44.2. The fourth-order valence-electron chi connectivity index (χ4n) is 3.63. The minimum Gasteiger partial charge on any atom is -0.493 e. The third kappa shape index (κ3) is 4.75. The van der Waals surface area contributed by atoms with Crippen LogP contribution in [0.2, 0.25) is 0 Å². The van der Waals surface area contributed by atoms with E-state index in [0.717, 1.165) is 24.1 Å². The second-order valence-electron chi connectivity index (χ2n) is 7.59. The molecule has 6 heteroatoms. The molecule has 1 saturated heterocycles. The van der Waals surface area contributed by atoms with E-state index in [4.69, 9.17) is 40.5 Å². The highest BCUT2D eigenvalue weighted by atomic mass is 16.5. The summed E-state index contributed by atoms with van der Waals surface area (Å²) in [4.78, 5) is 14.4. The van der Waals surface area contributed by atoms with E-state index < -0.39 is 93.8 Å². The van der Waals surface area contributed by atoms with Gasteiger partial charge in [0.2, 0.25) is 0 Å². The lowest BCUT2D eigenvalue weighted by molar-refractivity contribution is -0.160. The summed E-state index contributed by atoms with van der Waals surface area (Å²) in [5.74, 6) is -8.31. The first-order chi connectivity index (χ1) is 20.7. The molecule has 1 aromatic rings. The number of methoxy groups -OCH3 is 2. The molecular formula is C24H38N2O4. The molecule has 2 aliphatic rings. The van der Waals surface area contributed by atoms with Gasteiger partial charge in [-0.3, -0.25) is 9.69 Å². The Morgan fingerprint density at radius 2 is 2.17 bits per heavy atom. The van der Waals surface area contributed by atoms with Crippen LogP contribution in [0.5, 0.6) is 11.5 Å². The number of nitrogens with two attached hydrogens (primary N) is 1. The minimum absolute atomic E-state index is 0.00981. The molecule has 2 aliphatic heterocycles. The van der Waals surface area contributed by atoms with Gasteiger partial charge in [0, 0.05) is 46.5 Å². The summed E-state index contributed by atoms with van der Waals surface area (Å²) in [6.07, 6.45) is -6.56. The molecule has 3 unspecified atom stereocenters. The second kappa shape index (κ2) is 9.56. The van der Waals surface area contributed by atoms with Crippen molar-refractivity contribution in [1.29, 1.82) is 0 Å². The van der Waals surface area contributed by atoms with Gasteiger partial charge in [-0.25, -0.2) is 0 Å². The Morgan fingerprint density at radius 1 is 1.40 bits per heavy atom. The van der Waals surface area contributed by atoms with Crippen molar-refractivity contribution in [1.82, 2.24) is 4.90 Å². The van der Waals surface area contributed by atoms with E-state index in [1.54, 1.807) is 13.8 Å². The Hall–Kier alpha value is -1.79. The number of hydrogen-bond acceptors (Lipinski definition) is 6. The van der Waals surface area contributed by atoms with Crippen molar-refractivity contribution in [2.75, 3.05) is 27.2 Å². The lowest BCUT2D eigenvalue weighted by Crippen LogP contribution is -2.51. The molecule has 168 valence electrons. The lowest BCUT2D eigenvalue weighted by atomic mass is 9.79. The standard InChI is InChI=1S/C24H38N2O4/c1-14(2)9-17-13-26-8-7-16-10-21(28-5)22(29-6)11-18(16)19(26)12-20(17)30-24(27)23(25)15(3)4/h10-11,14-15,17,19-20,23H,7-9,12-13,25H2,1-6H3/t17?,19?,20?,23-/m0/s1/i3D3,4D3,5D3,7D2,8D2,15D,19D,20D,23D. The van der Waals surface area contributed by atoms with Gasteiger partial charge in [0.25, 0.3) is 0 Å². The van der Waals surface area contributed by atoms with Gasteiger partial charge in [-0.1, -0.05) is 27.6 Å². The number of benzene rings is 1. The minimum atomic E-state index is -3.94. The largest absolute Gasteiger partial charge is 0.493 e. The molecular weight excluding hydrogens is 380 g/mol. The number of ether oxygens (including phenoxy) is 3. The summed E-state index contributed by atoms with van der Waals surface area (Å²) >= 11 is 0. The number of rotatable bonds is 7. The van der Waals surface area contributed by atoms with Crippen molar-refractivity contribution in [2.24, 2.45) is 23.5 Å². The monoisotopic (exact) mass is 435 g/mol. The number of carbonyl (C=O) groups excluding carboxylic acids is 1. The molecule has 2 heterocycles. The van der Waals surface area contributed by atoms with Crippen LogP contribution < -0.4 is 15.2 Å². The topological polar surface area (TPSA) is 74.0 Å². The average molecular weight is 436 g/mol. The van der Waals surface area contributed by atoms with Crippen molar-refractivity contribution in [3.8, 4) is 11.5 Å². The molecule has 4 atom stereocenters. The van der Waals surface area contributed by atoms with Gasteiger partial charge < -0.3 is 19.9 Å². The molecule has 0 amide bonds. The smallest absolute Gasteiger partial charge is 0.323 e. The molecule has 1 aromatic carbocycles. The number of nitrogens with zero attached hydrogens (tertiary/aromatic N) is 1. The van der Waals surface area contributed by atoms with Crippen LogP contribution in [0.4, 0.5) is 0 Å². The summed E-state index contributed by atoms with van der Waals surface area (Å²) in [6, 6.07) is -4.37. The van der Waals surface area contributed by atoms with Gasteiger partial charge in [0.05, 0.1) is 22.4 Å².